The highest BCUT2D eigenvalue weighted by atomic mass is 16.5. The van der Waals surface area contributed by atoms with Gasteiger partial charge < -0.3 is 25.1 Å². The van der Waals surface area contributed by atoms with E-state index in [2.05, 4.69) is 15.6 Å². The van der Waals surface area contributed by atoms with E-state index in [9.17, 15) is 9.59 Å². The molecule has 2 heterocycles. The van der Waals surface area contributed by atoms with Crippen molar-refractivity contribution in [2.45, 2.75) is 32.2 Å². The largest absolute Gasteiger partial charge is 0.495 e. The number of hydrogen-bond acceptors (Lipinski definition) is 4. The molecule has 0 spiro atoms. The number of aromatic amines is 1. The molecule has 0 radical (unpaired) electrons. The molecule has 1 aromatic heterocycles. The van der Waals surface area contributed by atoms with Crippen molar-refractivity contribution in [1.82, 2.24) is 15.6 Å². The van der Waals surface area contributed by atoms with E-state index in [1.54, 1.807) is 7.11 Å². The SMILES string of the molecule is COc1ccc(C)c2cc(CCNC(=O)NC3CCOCC3)c(=O)[nH]c12. The molecule has 3 rings (SSSR count). The zero-order valence-electron chi connectivity index (χ0n) is 15.2. The van der Waals surface area contributed by atoms with E-state index in [1.807, 2.05) is 25.1 Å². The van der Waals surface area contributed by atoms with E-state index >= 15 is 0 Å². The van der Waals surface area contributed by atoms with Crippen LogP contribution in [0, 0.1) is 6.92 Å². The lowest BCUT2D eigenvalue weighted by atomic mass is 10.1. The highest BCUT2D eigenvalue weighted by molar-refractivity contribution is 5.87. The number of methoxy groups -OCH3 is 1. The van der Waals surface area contributed by atoms with Gasteiger partial charge in [0.1, 0.15) is 5.75 Å². The van der Waals surface area contributed by atoms with Gasteiger partial charge in [-0.2, -0.15) is 0 Å². The number of carbonyl (C=O) groups excluding carboxylic acids is 1. The van der Waals surface area contributed by atoms with Crippen LogP contribution in [0.15, 0.2) is 23.0 Å². The first-order valence-electron chi connectivity index (χ1n) is 8.90. The summed E-state index contributed by atoms with van der Waals surface area (Å²) < 4.78 is 10.6. The number of carbonyl (C=O) groups is 1. The molecular weight excluding hydrogens is 334 g/mol. The molecule has 0 saturated carbocycles. The summed E-state index contributed by atoms with van der Waals surface area (Å²) >= 11 is 0. The van der Waals surface area contributed by atoms with Gasteiger partial charge in [-0.05, 0) is 43.9 Å². The second-order valence-corrected chi connectivity index (χ2v) is 6.53. The number of rotatable bonds is 5. The molecule has 7 nitrogen and oxygen atoms in total. The number of urea groups is 1. The molecule has 1 aromatic carbocycles. The Kier molecular flexibility index (Phi) is 5.78. The van der Waals surface area contributed by atoms with E-state index in [1.165, 1.54) is 0 Å². The molecular formula is C19H25N3O4. The van der Waals surface area contributed by atoms with Gasteiger partial charge in [-0.25, -0.2) is 4.79 Å². The van der Waals surface area contributed by atoms with E-state index < -0.39 is 0 Å². The van der Waals surface area contributed by atoms with Crippen molar-refractivity contribution in [3.05, 3.63) is 39.7 Å². The van der Waals surface area contributed by atoms with Crippen molar-refractivity contribution in [1.29, 1.82) is 0 Å². The Morgan fingerprint density at radius 1 is 1.35 bits per heavy atom. The Morgan fingerprint density at radius 2 is 2.12 bits per heavy atom. The Hall–Kier alpha value is -2.54. The molecule has 1 aliphatic heterocycles. The maximum absolute atomic E-state index is 12.4. The normalized spacial score (nSPS) is 15.0. The third kappa shape index (κ3) is 4.16. The van der Waals surface area contributed by atoms with Gasteiger partial charge in [-0.1, -0.05) is 6.07 Å². The first kappa shape index (κ1) is 18.3. The molecule has 1 aliphatic rings. The monoisotopic (exact) mass is 359 g/mol. The quantitative estimate of drug-likeness (QED) is 0.760. The van der Waals surface area contributed by atoms with Crippen molar-refractivity contribution in [3.63, 3.8) is 0 Å². The maximum atomic E-state index is 12.4. The van der Waals surface area contributed by atoms with Gasteiger partial charge in [0, 0.05) is 36.8 Å². The molecule has 0 bridgehead atoms. The van der Waals surface area contributed by atoms with E-state index in [-0.39, 0.29) is 17.6 Å². The first-order valence-corrected chi connectivity index (χ1v) is 8.90. The molecule has 0 aliphatic carbocycles. The number of H-pyrrole nitrogens is 1. The Morgan fingerprint density at radius 3 is 2.85 bits per heavy atom. The number of hydrogen-bond donors (Lipinski definition) is 3. The third-order valence-electron chi connectivity index (χ3n) is 4.73. The molecule has 0 atom stereocenters. The number of benzene rings is 1. The minimum atomic E-state index is -0.202. The maximum Gasteiger partial charge on any atom is 0.315 e. The topological polar surface area (TPSA) is 92.4 Å². The molecule has 1 fully saturated rings. The molecule has 2 amide bonds. The minimum absolute atomic E-state index is 0.155. The zero-order chi connectivity index (χ0) is 18.5. The number of aryl methyl sites for hydroxylation is 1. The number of ether oxygens (including phenoxy) is 2. The standard InChI is InChI=1S/C19H25N3O4/c1-12-3-4-16(25-2)17-15(12)11-13(18(23)22-17)5-8-20-19(24)21-14-6-9-26-10-7-14/h3-4,11,14H,5-10H2,1-2H3,(H,22,23)(H2,20,21,24). The van der Waals surface area contributed by atoms with Gasteiger partial charge in [0.25, 0.3) is 5.56 Å². The average Bonchev–Trinajstić information content (AvgIpc) is 2.64. The summed E-state index contributed by atoms with van der Waals surface area (Å²) in [6.07, 6.45) is 2.13. The van der Waals surface area contributed by atoms with Crippen LogP contribution in [0.25, 0.3) is 10.9 Å². The molecule has 0 unspecified atom stereocenters. The lowest BCUT2D eigenvalue weighted by Crippen LogP contribution is -2.45. The van der Waals surface area contributed by atoms with E-state index in [0.717, 1.165) is 23.8 Å². The van der Waals surface area contributed by atoms with E-state index in [4.69, 9.17) is 9.47 Å². The van der Waals surface area contributed by atoms with Gasteiger partial charge in [-0.15, -0.1) is 0 Å². The number of fused-ring (bicyclic) bond motifs is 1. The van der Waals surface area contributed by atoms with Crippen LogP contribution in [0.2, 0.25) is 0 Å². The average molecular weight is 359 g/mol. The van der Waals surface area contributed by atoms with Crippen LogP contribution < -0.4 is 20.9 Å². The Bertz CT molecular complexity index is 841. The number of amides is 2. The van der Waals surface area contributed by atoms with Crippen molar-refractivity contribution < 1.29 is 14.3 Å². The third-order valence-corrected chi connectivity index (χ3v) is 4.73. The minimum Gasteiger partial charge on any atom is -0.495 e. The van der Waals surface area contributed by atoms with Crippen LogP contribution >= 0.6 is 0 Å². The summed E-state index contributed by atoms with van der Waals surface area (Å²) in [7, 11) is 1.58. The Labute approximate surface area is 152 Å². The first-order chi connectivity index (χ1) is 12.6. The summed E-state index contributed by atoms with van der Waals surface area (Å²) in [4.78, 5) is 27.2. The fourth-order valence-corrected chi connectivity index (χ4v) is 3.20. The van der Waals surface area contributed by atoms with Crippen LogP contribution in [-0.4, -0.2) is 43.9 Å². The summed E-state index contributed by atoms with van der Waals surface area (Å²) in [5.74, 6) is 0.642. The predicted molar refractivity (Wildman–Crippen MR) is 99.9 cm³/mol. The van der Waals surface area contributed by atoms with Crippen LogP contribution in [0.4, 0.5) is 4.79 Å². The highest BCUT2D eigenvalue weighted by Gasteiger charge is 2.16. The lowest BCUT2D eigenvalue weighted by Gasteiger charge is -2.23. The van der Waals surface area contributed by atoms with E-state index in [0.29, 0.717) is 43.0 Å². The van der Waals surface area contributed by atoms with Gasteiger partial charge >= 0.3 is 6.03 Å². The second-order valence-electron chi connectivity index (χ2n) is 6.53. The number of aromatic nitrogens is 1. The Balaban J connectivity index is 1.63. The molecule has 140 valence electrons. The smallest absolute Gasteiger partial charge is 0.315 e. The molecule has 7 heteroatoms. The van der Waals surface area contributed by atoms with Crippen molar-refractivity contribution in [3.8, 4) is 5.75 Å². The molecule has 2 aromatic rings. The van der Waals surface area contributed by atoms with Crippen LogP contribution in [0.3, 0.4) is 0 Å². The van der Waals surface area contributed by atoms with Gasteiger partial charge in [0.15, 0.2) is 0 Å². The second kappa shape index (κ2) is 8.23. The summed E-state index contributed by atoms with van der Waals surface area (Å²) in [5.41, 5.74) is 2.24. The predicted octanol–water partition coefficient (Wildman–Crippen LogP) is 1.87. The highest BCUT2D eigenvalue weighted by Crippen LogP contribution is 2.25. The van der Waals surface area contributed by atoms with Crippen molar-refractivity contribution in [2.24, 2.45) is 0 Å². The lowest BCUT2D eigenvalue weighted by molar-refractivity contribution is 0.0801. The molecule has 1 saturated heterocycles. The number of nitrogens with one attached hydrogen (secondary N) is 3. The fraction of sp³-hybridized carbons (Fsp3) is 0.474. The summed E-state index contributed by atoms with van der Waals surface area (Å²) in [6, 6.07) is 5.64. The van der Waals surface area contributed by atoms with Gasteiger partial charge in [0.2, 0.25) is 0 Å². The molecule has 3 N–H and O–H groups in total. The number of pyridine rings is 1. The van der Waals surface area contributed by atoms with Gasteiger partial charge in [-0.3, -0.25) is 4.79 Å². The summed E-state index contributed by atoms with van der Waals surface area (Å²) in [6.45, 7) is 3.75. The van der Waals surface area contributed by atoms with Crippen LogP contribution in [-0.2, 0) is 11.2 Å². The molecule has 26 heavy (non-hydrogen) atoms. The van der Waals surface area contributed by atoms with Gasteiger partial charge in [0.05, 0.1) is 12.6 Å². The van der Waals surface area contributed by atoms with Crippen LogP contribution in [0.5, 0.6) is 5.75 Å². The fourth-order valence-electron chi connectivity index (χ4n) is 3.20. The zero-order valence-corrected chi connectivity index (χ0v) is 15.2. The van der Waals surface area contributed by atoms with Crippen molar-refractivity contribution in [2.75, 3.05) is 26.9 Å². The summed E-state index contributed by atoms with van der Waals surface area (Å²) in [5, 5.41) is 6.71. The van der Waals surface area contributed by atoms with Crippen LogP contribution in [0.1, 0.15) is 24.0 Å². The van der Waals surface area contributed by atoms with Crippen molar-refractivity contribution >= 4 is 16.9 Å².